The molecule has 37 heavy (non-hydrogen) atoms. The summed E-state index contributed by atoms with van der Waals surface area (Å²) in [7, 11) is -4.76. The van der Waals surface area contributed by atoms with Crippen LogP contribution < -0.4 is 16.0 Å². The number of hydrogen-bond donors (Lipinski definition) is 3. The number of nitrogen functional groups attached to an aromatic ring is 1. The average Bonchev–Trinajstić information content (AvgIpc) is 3.28. The van der Waals surface area contributed by atoms with E-state index in [0.29, 0.717) is 11.3 Å². The number of hydrogen-bond acceptors (Lipinski definition) is 7. The molecule has 1 aromatic heterocycles. The van der Waals surface area contributed by atoms with E-state index in [0.717, 1.165) is 19.1 Å². The summed E-state index contributed by atoms with van der Waals surface area (Å²) >= 11 is 13.2. The van der Waals surface area contributed by atoms with Gasteiger partial charge in [-0.15, -0.1) is 11.3 Å². The summed E-state index contributed by atoms with van der Waals surface area (Å²) in [6.07, 6.45) is -6.23. The van der Waals surface area contributed by atoms with Crippen LogP contribution >= 0.6 is 34.5 Å². The van der Waals surface area contributed by atoms with Gasteiger partial charge in [0.2, 0.25) is 10.0 Å². The molecule has 0 aliphatic carbocycles. The Morgan fingerprint density at radius 2 is 1.86 bits per heavy atom. The minimum atomic E-state index is -4.84. The lowest BCUT2D eigenvalue weighted by Gasteiger charge is -2.28. The summed E-state index contributed by atoms with van der Waals surface area (Å²) in [5.41, 5.74) is 1.66. The predicted octanol–water partition coefficient (Wildman–Crippen LogP) is 3.91. The van der Waals surface area contributed by atoms with Crippen LogP contribution in [0.25, 0.3) is 10.4 Å². The number of carbonyl (C=O) groups is 2. The molecule has 1 aliphatic heterocycles. The smallest absolute Gasteiger partial charge is 0.337 e. The van der Waals surface area contributed by atoms with E-state index in [4.69, 9.17) is 29.0 Å². The Bertz CT molecular complexity index is 1300. The molecule has 0 unspecified atom stereocenters. The quantitative estimate of drug-likeness (QED) is 0.189. The van der Waals surface area contributed by atoms with E-state index in [1.807, 2.05) is 5.43 Å². The second kappa shape index (κ2) is 11.4. The van der Waals surface area contributed by atoms with Gasteiger partial charge in [0.1, 0.15) is 22.8 Å². The number of aromatic nitrogens is 1. The van der Waals surface area contributed by atoms with Crippen LogP contribution in [-0.4, -0.2) is 61.6 Å². The second-order valence-corrected chi connectivity index (χ2v) is 11.4. The van der Waals surface area contributed by atoms with Crippen molar-refractivity contribution in [1.82, 2.24) is 20.0 Å². The molecule has 4 N–H and O–H groups in total. The Kier molecular flexibility index (Phi) is 9.07. The summed E-state index contributed by atoms with van der Waals surface area (Å²) in [5.74, 6) is 3.72. The number of sulfonamides is 1. The van der Waals surface area contributed by atoms with E-state index in [9.17, 15) is 35.6 Å². The molecule has 3 rings (SSSR count). The summed E-state index contributed by atoms with van der Waals surface area (Å²) in [4.78, 5) is 30.0. The van der Waals surface area contributed by atoms with Crippen LogP contribution in [0.1, 0.15) is 46.5 Å². The number of carbonyl (C=O) groups excluding carboxylic acids is 2. The third kappa shape index (κ3) is 6.34. The number of thiazole rings is 1. The lowest BCUT2D eigenvalue weighted by molar-refractivity contribution is -0.151. The maximum atomic E-state index is 13.6. The number of rotatable bonds is 7. The molecule has 1 atom stereocenters. The zero-order chi connectivity index (χ0) is 27.7. The fourth-order valence-electron chi connectivity index (χ4n) is 3.55. The van der Waals surface area contributed by atoms with E-state index in [1.165, 1.54) is 4.90 Å². The van der Waals surface area contributed by atoms with Crippen molar-refractivity contribution in [2.75, 3.05) is 13.1 Å². The summed E-state index contributed by atoms with van der Waals surface area (Å²) in [6.45, 7) is 1.36. The number of likely N-dealkylation sites (tertiary alicyclic amines) is 1. The van der Waals surface area contributed by atoms with Gasteiger partial charge in [-0.1, -0.05) is 36.2 Å². The van der Waals surface area contributed by atoms with Crippen molar-refractivity contribution in [1.29, 1.82) is 0 Å². The molecular formula is C20H21Cl2F4N5O4S2. The Morgan fingerprint density at radius 3 is 2.41 bits per heavy atom. The third-order valence-corrected chi connectivity index (χ3v) is 9.14. The maximum absolute atomic E-state index is 13.6. The van der Waals surface area contributed by atoms with E-state index in [1.54, 1.807) is 4.72 Å². The Balaban J connectivity index is 2.07. The van der Waals surface area contributed by atoms with Gasteiger partial charge in [-0.25, -0.2) is 23.6 Å². The topological polar surface area (TPSA) is 134 Å². The van der Waals surface area contributed by atoms with Crippen LogP contribution in [0.15, 0.2) is 17.0 Å². The van der Waals surface area contributed by atoms with Crippen molar-refractivity contribution in [3.05, 3.63) is 32.9 Å². The van der Waals surface area contributed by atoms with Crippen molar-refractivity contribution in [3.8, 4) is 10.4 Å². The molecule has 1 aromatic carbocycles. The van der Waals surface area contributed by atoms with E-state index in [-0.39, 0.29) is 47.1 Å². The molecule has 9 nitrogen and oxygen atoms in total. The van der Waals surface area contributed by atoms with Gasteiger partial charge in [-0.2, -0.15) is 17.9 Å². The number of piperidine rings is 1. The van der Waals surface area contributed by atoms with Gasteiger partial charge < -0.3 is 4.90 Å². The highest BCUT2D eigenvalue weighted by molar-refractivity contribution is 7.89. The lowest BCUT2D eigenvalue weighted by Crippen LogP contribution is -2.44. The first-order chi connectivity index (χ1) is 17.2. The molecule has 2 aromatic rings. The Hall–Kier alpha value is -2.04. The molecule has 0 spiro atoms. The van der Waals surface area contributed by atoms with Gasteiger partial charge in [0.05, 0.1) is 14.9 Å². The molecule has 0 radical (unpaired) electrons. The summed E-state index contributed by atoms with van der Waals surface area (Å²) in [5, 5.41) is -1.22. The molecule has 1 saturated heterocycles. The number of nitrogens with zero attached hydrogens (tertiary/aromatic N) is 2. The van der Waals surface area contributed by atoms with Crippen molar-refractivity contribution < 1.29 is 35.6 Å². The van der Waals surface area contributed by atoms with E-state index in [2.05, 4.69) is 4.98 Å². The average molecular weight is 606 g/mol. The maximum Gasteiger partial charge on any atom is 0.404 e. The largest absolute Gasteiger partial charge is 0.404 e. The highest BCUT2D eigenvalue weighted by Crippen LogP contribution is 2.42. The number of nitrogens with two attached hydrogens (primary N) is 1. The van der Waals surface area contributed by atoms with E-state index >= 15 is 0 Å². The number of halogens is 6. The van der Waals surface area contributed by atoms with Crippen LogP contribution in [0.5, 0.6) is 0 Å². The highest BCUT2D eigenvalue weighted by atomic mass is 35.5. The van der Waals surface area contributed by atoms with Gasteiger partial charge in [0.15, 0.2) is 5.01 Å². The molecule has 204 valence electrons. The highest BCUT2D eigenvalue weighted by Gasteiger charge is 2.41. The molecule has 2 amide bonds. The molecule has 0 saturated carbocycles. The normalized spacial score (nSPS) is 16.1. The fourth-order valence-corrected chi connectivity index (χ4v) is 6.77. The van der Waals surface area contributed by atoms with Crippen LogP contribution in [-0.2, 0) is 10.0 Å². The number of amides is 2. The fraction of sp³-hybridized carbons (Fsp3) is 0.450. The number of nitrogens with one attached hydrogen (secondary N) is 2. The Labute approximate surface area is 223 Å². The molecule has 1 fully saturated rings. The molecule has 0 bridgehead atoms. The molecule has 1 aliphatic rings. The van der Waals surface area contributed by atoms with Gasteiger partial charge in [-0.05, 0) is 25.3 Å². The molecular weight excluding hydrogens is 585 g/mol. The minimum Gasteiger partial charge on any atom is -0.337 e. The zero-order valence-electron chi connectivity index (χ0n) is 19.0. The van der Waals surface area contributed by atoms with Crippen LogP contribution in [0.2, 0.25) is 10.0 Å². The van der Waals surface area contributed by atoms with Gasteiger partial charge in [0, 0.05) is 18.7 Å². The number of alkyl halides is 4. The third-order valence-electron chi connectivity index (χ3n) is 5.55. The van der Waals surface area contributed by atoms with Crippen LogP contribution in [0.3, 0.4) is 0 Å². The first kappa shape index (κ1) is 29.5. The second-order valence-electron chi connectivity index (χ2n) is 8.00. The SMILES string of the molecule is CC[C@H](NS(=O)(=O)c1ccc(-c2sc(C(=O)NN)nc2C(=O)N2CCC(F)CC2)c(Cl)c1Cl)C(F)(F)F. The summed E-state index contributed by atoms with van der Waals surface area (Å²) < 4.78 is 79.9. The lowest BCUT2D eigenvalue weighted by atomic mass is 10.1. The van der Waals surface area contributed by atoms with E-state index < -0.39 is 61.6 Å². The molecule has 2 heterocycles. The van der Waals surface area contributed by atoms with Crippen molar-refractivity contribution in [2.24, 2.45) is 5.84 Å². The minimum absolute atomic E-state index is 0.00535. The Morgan fingerprint density at radius 1 is 1.24 bits per heavy atom. The number of benzene rings is 1. The van der Waals surface area contributed by atoms with Gasteiger partial charge >= 0.3 is 6.18 Å². The van der Waals surface area contributed by atoms with Gasteiger partial charge in [-0.3, -0.25) is 15.0 Å². The molecule has 17 heteroatoms. The summed E-state index contributed by atoms with van der Waals surface area (Å²) in [6, 6.07) is -0.289. The number of hydrazine groups is 1. The first-order valence-corrected chi connectivity index (χ1v) is 13.8. The van der Waals surface area contributed by atoms with Crippen LogP contribution in [0.4, 0.5) is 17.6 Å². The van der Waals surface area contributed by atoms with Gasteiger partial charge in [0.25, 0.3) is 11.8 Å². The van der Waals surface area contributed by atoms with Crippen molar-refractivity contribution in [2.45, 2.75) is 49.5 Å². The monoisotopic (exact) mass is 605 g/mol. The zero-order valence-corrected chi connectivity index (χ0v) is 22.2. The van der Waals surface area contributed by atoms with Crippen molar-refractivity contribution in [3.63, 3.8) is 0 Å². The predicted molar refractivity (Wildman–Crippen MR) is 130 cm³/mol. The first-order valence-electron chi connectivity index (χ1n) is 10.7. The van der Waals surface area contributed by atoms with Crippen LogP contribution in [0, 0.1) is 0 Å². The standard InChI is InChI=1S/C20H21Cl2F4N5O4S2/c1-2-12(20(24,25)26)30-37(34,35)11-4-3-10(13(21)14(11)22)16-15(28-18(36-16)17(32)29-27)19(33)31-7-5-9(23)6-8-31/h3-4,9,12,30H,2,5-8,27H2,1H3,(H,29,32)/t12-/m0/s1. The van der Waals surface area contributed by atoms with Crippen molar-refractivity contribution >= 4 is 56.4 Å².